The average molecular weight is 375 g/mol. The summed E-state index contributed by atoms with van der Waals surface area (Å²) in [6.45, 7) is 2.20. The van der Waals surface area contributed by atoms with Gasteiger partial charge in [-0.3, -0.25) is 4.79 Å². The Morgan fingerprint density at radius 2 is 1.40 bits per heavy atom. The lowest BCUT2D eigenvalue weighted by molar-refractivity contribution is -0.137. The quantitative estimate of drug-likeness (QED) is 0.269. The van der Waals surface area contributed by atoms with Crippen molar-refractivity contribution in [1.82, 2.24) is 0 Å². The number of carboxylic acid groups (broad SMARTS) is 1. The molecule has 0 radical (unpaired) electrons. The van der Waals surface area contributed by atoms with Crippen molar-refractivity contribution in [2.45, 2.75) is 59.3 Å². The van der Waals surface area contributed by atoms with Gasteiger partial charge in [-0.05, 0) is 37.1 Å². The van der Waals surface area contributed by atoms with Crippen molar-refractivity contribution in [1.29, 1.82) is 0 Å². The van der Waals surface area contributed by atoms with Crippen LogP contribution in [-0.2, 0) is 4.79 Å². The first-order chi connectivity index (χ1) is 12.1. The predicted octanol–water partition coefficient (Wildman–Crippen LogP) is 6.71. The molecule has 0 saturated heterocycles. The van der Waals surface area contributed by atoms with Crippen LogP contribution >= 0.6 is 23.5 Å². The normalized spacial score (nSPS) is 11.4. The van der Waals surface area contributed by atoms with E-state index >= 15 is 0 Å². The molecule has 2 nitrogen and oxygen atoms in total. The molecule has 0 unspecified atom stereocenters. The number of unbranched alkanes of at least 4 members (excludes halogenated alkanes) is 2. The Hall–Kier alpha value is -1.39. The summed E-state index contributed by atoms with van der Waals surface area (Å²) in [6, 6.07) is 20.7. The Balaban J connectivity index is 2.26. The van der Waals surface area contributed by atoms with E-state index in [9.17, 15) is 9.90 Å². The van der Waals surface area contributed by atoms with E-state index in [-0.39, 0.29) is 10.5 Å². The smallest absolute Gasteiger partial charge is 0.303 e. The fourth-order valence-corrected chi connectivity index (χ4v) is 5.79. The minimum absolute atomic E-state index is 0.156. The van der Waals surface area contributed by atoms with Gasteiger partial charge in [0.2, 0.25) is 0 Å². The molecule has 0 amide bonds. The van der Waals surface area contributed by atoms with Gasteiger partial charge >= 0.3 is 5.97 Å². The second-order valence-electron chi connectivity index (χ2n) is 6.09. The molecular weight excluding hydrogens is 348 g/mol. The van der Waals surface area contributed by atoms with Gasteiger partial charge in [-0.1, -0.05) is 62.6 Å². The third-order valence-corrected chi connectivity index (χ3v) is 7.05. The molecule has 0 spiro atoms. The molecule has 1 N–H and O–H groups in total. The molecule has 4 heteroatoms. The Morgan fingerprint density at radius 3 is 1.84 bits per heavy atom. The van der Waals surface area contributed by atoms with Gasteiger partial charge in [-0.25, -0.2) is 0 Å². The monoisotopic (exact) mass is 374 g/mol. The van der Waals surface area contributed by atoms with E-state index in [2.05, 4.69) is 31.2 Å². The number of thioether (sulfide) groups is 2. The third kappa shape index (κ3) is 7.17. The molecule has 2 aromatic rings. The molecular formula is C21H26O2S2. The number of carbonyl (C=O) groups is 1. The van der Waals surface area contributed by atoms with E-state index in [1.807, 2.05) is 59.9 Å². The van der Waals surface area contributed by atoms with Gasteiger partial charge in [0, 0.05) is 16.2 Å². The molecule has 0 saturated carbocycles. The maximum atomic E-state index is 11.3. The summed E-state index contributed by atoms with van der Waals surface area (Å²) in [4.78, 5) is 13.7. The fourth-order valence-electron chi connectivity index (χ4n) is 2.70. The van der Waals surface area contributed by atoms with Crippen molar-refractivity contribution in [3.63, 3.8) is 0 Å². The minimum atomic E-state index is -0.720. The van der Waals surface area contributed by atoms with Gasteiger partial charge in [0.25, 0.3) is 0 Å². The fraction of sp³-hybridized carbons (Fsp3) is 0.381. The first-order valence-corrected chi connectivity index (χ1v) is 10.5. The van der Waals surface area contributed by atoms with Gasteiger partial charge in [0.15, 0.2) is 0 Å². The maximum Gasteiger partial charge on any atom is 0.303 e. The van der Waals surface area contributed by atoms with Crippen LogP contribution in [0.4, 0.5) is 0 Å². The molecule has 0 aliphatic heterocycles. The van der Waals surface area contributed by atoms with Gasteiger partial charge in [0.05, 0.1) is 4.08 Å². The van der Waals surface area contributed by atoms with Crippen LogP contribution in [0.15, 0.2) is 70.5 Å². The number of hydrogen-bond donors (Lipinski definition) is 1. The second kappa shape index (κ2) is 10.6. The van der Waals surface area contributed by atoms with Crippen LogP contribution in [0.1, 0.15) is 45.4 Å². The van der Waals surface area contributed by atoms with E-state index in [0.717, 1.165) is 12.8 Å². The Kier molecular flexibility index (Phi) is 8.42. The topological polar surface area (TPSA) is 37.3 Å². The van der Waals surface area contributed by atoms with Crippen LogP contribution in [0.25, 0.3) is 0 Å². The van der Waals surface area contributed by atoms with Crippen molar-refractivity contribution >= 4 is 29.5 Å². The third-order valence-electron chi connectivity index (χ3n) is 3.98. The minimum Gasteiger partial charge on any atom is -0.481 e. The number of benzene rings is 2. The van der Waals surface area contributed by atoms with E-state index in [1.54, 1.807) is 0 Å². The number of carboxylic acids is 1. The molecule has 0 aliphatic rings. The standard InChI is InChI=1S/C21H26O2S2/c1-2-3-10-16-21(17-15-20(22)23,24-18-11-6-4-7-12-18)25-19-13-8-5-9-14-19/h4-9,11-14H,2-3,10,15-17H2,1H3,(H,22,23). The van der Waals surface area contributed by atoms with Crippen molar-refractivity contribution in [2.24, 2.45) is 0 Å². The van der Waals surface area contributed by atoms with Crippen molar-refractivity contribution < 1.29 is 9.90 Å². The molecule has 0 bridgehead atoms. The molecule has 0 aromatic heterocycles. The second-order valence-corrected chi connectivity index (χ2v) is 9.26. The van der Waals surface area contributed by atoms with Crippen LogP contribution in [0.5, 0.6) is 0 Å². The Bertz CT molecular complexity index is 587. The molecule has 134 valence electrons. The summed E-state index contributed by atoms with van der Waals surface area (Å²) in [5.41, 5.74) is 0. The summed E-state index contributed by atoms with van der Waals surface area (Å²) in [5, 5.41) is 9.26. The van der Waals surface area contributed by atoms with Gasteiger partial charge < -0.3 is 5.11 Å². The molecule has 25 heavy (non-hydrogen) atoms. The first-order valence-electron chi connectivity index (χ1n) is 8.83. The van der Waals surface area contributed by atoms with Crippen molar-refractivity contribution in [3.8, 4) is 0 Å². The SMILES string of the molecule is CCCCCC(CCC(=O)O)(Sc1ccccc1)Sc1ccccc1. The summed E-state index contributed by atoms with van der Waals surface area (Å²) in [5.74, 6) is -0.720. The van der Waals surface area contributed by atoms with Crippen LogP contribution in [0.3, 0.4) is 0 Å². The lowest BCUT2D eigenvalue weighted by atomic mass is 10.1. The zero-order valence-electron chi connectivity index (χ0n) is 14.7. The maximum absolute atomic E-state index is 11.3. The van der Waals surface area contributed by atoms with Crippen LogP contribution < -0.4 is 0 Å². The molecule has 0 atom stereocenters. The summed E-state index contributed by atoms with van der Waals surface area (Å²) in [7, 11) is 0. The van der Waals surface area contributed by atoms with Crippen molar-refractivity contribution in [2.75, 3.05) is 0 Å². The predicted molar refractivity (Wildman–Crippen MR) is 108 cm³/mol. The van der Waals surface area contributed by atoms with Crippen molar-refractivity contribution in [3.05, 3.63) is 60.7 Å². The highest BCUT2D eigenvalue weighted by molar-refractivity contribution is 8.18. The van der Waals surface area contributed by atoms with Crippen LogP contribution in [-0.4, -0.2) is 15.2 Å². The van der Waals surface area contributed by atoms with Crippen LogP contribution in [0, 0.1) is 0 Å². The molecule has 2 rings (SSSR count). The molecule has 2 aromatic carbocycles. The Morgan fingerprint density at radius 1 is 0.880 bits per heavy atom. The number of rotatable bonds is 11. The van der Waals surface area contributed by atoms with Crippen LogP contribution in [0.2, 0.25) is 0 Å². The zero-order valence-corrected chi connectivity index (χ0v) is 16.3. The van der Waals surface area contributed by atoms with E-state index in [1.165, 1.54) is 22.6 Å². The highest BCUT2D eigenvalue weighted by atomic mass is 32.2. The lowest BCUT2D eigenvalue weighted by Crippen LogP contribution is -2.22. The summed E-state index contributed by atoms with van der Waals surface area (Å²) >= 11 is 3.65. The van der Waals surface area contributed by atoms with E-state index in [0.29, 0.717) is 6.42 Å². The van der Waals surface area contributed by atoms with Gasteiger partial charge in [-0.15, -0.1) is 23.5 Å². The summed E-state index contributed by atoms with van der Waals surface area (Å²) in [6.07, 6.45) is 5.33. The highest BCUT2D eigenvalue weighted by Crippen LogP contribution is 2.51. The Labute approximate surface area is 159 Å². The van der Waals surface area contributed by atoms with E-state index in [4.69, 9.17) is 0 Å². The molecule has 0 fully saturated rings. The van der Waals surface area contributed by atoms with E-state index < -0.39 is 5.97 Å². The summed E-state index contributed by atoms with van der Waals surface area (Å²) < 4.78 is -0.156. The average Bonchev–Trinajstić information content (AvgIpc) is 2.62. The lowest BCUT2D eigenvalue weighted by Gasteiger charge is -2.33. The first kappa shape index (κ1) is 19.9. The highest BCUT2D eigenvalue weighted by Gasteiger charge is 2.33. The zero-order chi connectivity index (χ0) is 18.0. The number of aliphatic carboxylic acids is 1. The molecule has 0 aliphatic carbocycles. The molecule has 0 heterocycles. The largest absolute Gasteiger partial charge is 0.481 e. The van der Waals surface area contributed by atoms with Gasteiger partial charge in [-0.2, -0.15) is 0 Å². The number of hydrogen-bond acceptors (Lipinski definition) is 3. The van der Waals surface area contributed by atoms with Gasteiger partial charge in [0.1, 0.15) is 0 Å².